The van der Waals surface area contributed by atoms with Crippen LogP contribution in [0.5, 0.6) is 5.75 Å². The van der Waals surface area contributed by atoms with E-state index in [2.05, 4.69) is 20.8 Å². The van der Waals surface area contributed by atoms with Crippen LogP contribution in [0.1, 0.15) is 36.1 Å². The minimum Gasteiger partial charge on any atom is -0.495 e. The van der Waals surface area contributed by atoms with Crippen LogP contribution in [0.25, 0.3) is 0 Å². The molecule has 1 aromatic heterocycles. The Balaban J connectivity index is 1.67. The molecule has 3 aromatic rings. The molecule has 0 fully saturated rings. The van der Waals surface area contributed by atoms with Gasteiger partial charge in [0, 0.05) is 17.6 Å². The third-order valence-electron chi connectivity index (χ3n) is 4.90. The van der Waals surface area contributed by atoms with Crippen molar-refractivity contribution in [2.75, 3.05) is 18.2 Å². The summed E-state index contributed by atoms with van der Waals surface area (Å²) >= 11 is 7.27. The van der Waals surface area contributed by atoms with Crippen LogP contribution in [0.4, 0.5) is 5.69 Å². The van der Waals surface area contributed by atoms with E-state index in [-0.39, 0.29) is 29.5 Å². The second-order valence-corrected chi connectivity index (χ2v) is 9.02. The van der Waals surface area contributed by atoms with Gasteiger partial charge in [0.1, 0.15) is 5.75 Å². The number of aromatic nitrogens is 3. The summed E-state index contributed by atoms with van der Waals surface area (Å²) in [5.74, 6) is 0.923. The van der Waals surface area contributed by atoms with Crippen LogP contribution in [0.2, 0.25) is 5.02 Å². The molecular formula is C23H26ClN5O3S. The van der Waals surface area contributed by atoms with Crippen LogP contribution in [0.15, 0.2) is 53.7 Å². The Morgan fingerprint density at radius 2 is 1.88 bits per heavy atom. The van der Waals surface area contributed by atoms with E-state index >= 15 is 0 Å². The standard InChI is InChI=1S/C23H26ClN5O3S/c1-14(2)20(26-22(31)15-8-6-5-7-9-15)21-27-28-23(29(21)3)33-13-19(30)25-17-12-16(24)10-11-18(17)32-4/h5-12,14,20H,13H2,1-4H3,(H,25,30)(H,26,31)/t20-/m0/s1. The molecule has 2 aromatic carbocycles. The van der Waals surface area contributed by atoms with Crippen LogP contribution in [-0.4, -0.2) is 39.4 Å². The average molecular weight is 488 g/mol. The van der Waals surface area contributed by atoms with Gasteiger partial charge in [0.15, 0.2) is 11.0 Å². The van der Waals surface area contributed by atoms with E-state index < -0.39 is 0 Å². The van der Waals surface area contributed by atoms with Gasteiger partial charge in [-0.3, -0.25) is 9.59 Å². The number of hydrogen-bond donors (Lipinski definition) is 2. The summed E-state index contributed by atoms with van der Waals surface area (Å²) in [4.78, 5) is 25.2. The lowest BCUT2D eigenvalue weighted by molar-refractivity contribution is -0.113. The van der Waals surface area contributed by atoms with Crippen molar-refractivity contribution in [2.45, 2.75) is 25.0 Å². The topological polar surface area (TPSA) is 98.1 Å². The molecule has 1 atom stereocenters. The number of ether oxygens (including phenoxy) is 1. The SMILES string of the molecule is COc1ccc(Cl)cc1NC(=O)CSc1nnc([C@@H](NC(=O)c2ccccc2)C(C)C)n1C. The van der Waals surface area contributed by atoms with Crippen molar-refractivity contribution in [1.82, 2.24) is 20.1 Å². The van der Waals surface area contributed by atoms with Gasteiger partial charge in [0.25, 0.3) is 5.91 Å². The molecule has 0 radical (unpaired) electrons. The van der Waals surface area contributed by atoms with Gasteiger partial charge in [0.05, 0.1) is 24.6 Å². The maximum atomic E-state index is 12.7. The summed E-state index contributed by atoms with van der Waals surface area (Å²) in [7, 11) is 3.34. The molecule has 10 heteroatoms. The molecule has 33 heavy (non-hydrogen) atoms. The van der Waals surface area contributed by atoms with Crippen LogP contribution >= 0.6 is 23.4 Å². The second kappa shape index (κ2) is 11.2. The fourth-order valence-corrected chi connectivity index (χ4v) is 4.05. The zero-order chi connectivity index (χ0) is 24.0. The molecule has 0 bridgehead atoms. The Morgan fingerprint density at radius 1 is 1.15 bits per heavy atom. The number of anilines is 1. The number of nitrogens with one attached hydrogen (secondary N) is 2. The van der Waals surface area contributed by atoms with Crippen LogP contribution in [-0.2, 0) is 11.8 Å². The van der Waals surface area contributed by atoms with E-state index in [1.807, 2.05) is 39.1 Å². The van der Waals surface area contributed by atoms with Gasteiger partial charge in [-0.1, -0.05) is 55.4 Å². The van der Waals surface area contributed by atoms with E-state index in [1.165, 1.54) is 18.9 Å². The Labute approximate surface area is 202 Å². The van der Waals surface area contributed by atoms with Crippen molar-refractivity contribution >= 4 is 40.9 Å². The minimum absolute atomic E-state index is 0.0806. The number of thioether (sulfide) groups is 1. The number of carbonyl (C=O) groups is 2. The van der Waals surface area contributed by atoms with Gasteiger partial charge < -0.3 is 19.9 Å². The third kappa shape index (κ3) is 6.27. The first-order valence-electron chi connectivity index (χ1n) is 10.3. The normalized spacial score (nSPS) is 11.8. The number of amides is 2. The first-order valence-corrected chi connectivity index (χ1v) is 11.7. The highest BCUT2D eigenvalue weighted by Gasteiger charge is 2.25. The zero-order valence-corrected chi connectivity index (χ0v) is 20.4. The fraction of sp³-hybridized carbons (Fsp3) is 0.304. The van der Waals surface area contributed by atoms with Gasteiger partial charge in [-0.15, -0.1) is 10.2 Å². The van der Waals surface area contributed by atoms with Crippen LogP contribution in [0, 0.1) is 5.92 Å². The van der Waals surface area contributed by atoms with Crippen molar-refractivity contribution in [1.29, 1.82) is 0 Å². The number of carbonyl (C=O) groups excluding carboxylic acids is 2. The molecule has 0 unspecified atom stereocenters. The van der Waals surface area contributed by atoms with Gasteiger partial charge in [-0.2, -0.15) is 0 Å². The van der Waals surface area contributed by atoms with E-state index in [9.17, 15) is 9.59 Å². The Morgan fingerprint density at radius 3 is 2.55 bits per heavy atom. The Hall–Kier alpha value is -3.04. The molecule has 3 rings (SSSR count). The first kappa shape index (κ1) is 24.6. The van der Waals surface area contributed by atoms with Crippen LogP contribution in [0.3, 0.4) is 0 Å². The molecule has 0 aliphatic rings. The maximum absolute atomic E-state index is 12.7. The summed E-state index contributed by atoms with van der Waals surface area (Å²) in [6, 6.07) is 13.7. The number of hydrogen-bond acceptors (Lipinski definition) is 6. The fourth-order valence-electron chi connectivity index (χ4n) is 3.16. The third-order valence-corrected chi connectivity index (χ3v) is 6.16. The number of benzene rings is 2. The quantitative estimate of drug-likeness (QED) is 0.436. The lowest BCUT2D eigenvalue weighted by atomic mass is 10.0. The summed E-state index contributed by atoms with van der Waals surface area (Å²) in [6.07, 6.45) is 0. The molecule has 0 spiro atoms. The molecule has 0 aliphatic carbocycles. The predicted molar refractivity (Wildman–Crippen MR) is 130 cm³/mol. The summed E-state index contributed by atoms with van der Waals surface area (Å²) in [5.41, 5.74) is 1.07. The van der Waals surface area contributed by atoms with E-state index in [0.717, 1.165) is 0 Å². The highest BCUT2D eigenvalue weighted by Crippen LogP contribution is 2.28. The van der Waals surface area contributed by atoms with Crippen molar-refractivity contribution in [3.8, 4) is 5.75 Å². The zero-order valence-electron chi connectivity index (χ0n) is 18.8. The number of nitrogens with zero attached hydrogens (tertiary/aromatic N) is 3. The highest BCUT2D eigenvalue weighted by atomic mass is 35.5. The van der Waals surface area contributed by atoms with Gasteiger partial charge in [-0.05, 0) is 36.2 Å². The first-order chi connectivity index (χ1) is 15.8. The Bertz CT molecular complexity index is 1120. The monoisotopic (exact) mass is 487 g/mol. The lowest BCUT2D eigenvalue weighted by Crippen LogP contribution is -2.33. The van der Waals surface area contributed by atoms with Crippen LogP contribution < -0.4 is 15.4 Å². The van der Waals surface area contributed by atoms with E-state index in [1.54, 1.807) is 34.9 Å². The predicted octanol–water partition coefficient (Wildman–Crippen LogP) is 4.34. The van der Waals surface area contributed by atoms with Gasteiger partial charge >= 0.3 is 0 Å². The van der Waals surface area contributed by atoms with Crippen molar-refractivity contribution < 1.29 is 14.3 Å². The maximum Gasteiger partial charge on any atom is 0.251 e. The average Bonchev–Trinajstić information content (AvgIpc) is 3.16. The highest BCUT2D eigenvalue weighted by molar-refractivity contribution is 7.99. The van der Waals surface area contributed by atoms with Crippen molar-refractivity contribution in [3.05, 3.63) is 64.9 Å². The molecule has 2 amide bonds. The largest absolute Gasteiger partial charge is 0.495 e. The summed E-state index contributed by atoms with van der Waals surface area (Å²) < 4.78 is 7.06. The van der Waals surface area contributed by atoms with E-state index in [0.29, 0.717) is 33.0 Å². The Kier molecular flexibility index (Phi) is 8.35. The van der Waals surface area contributed by atoms with Crippen molar-refractivity contribution in [3.63, 3.8) is 0 Å². The molecule has 0 saturated heterocycles. The molecule has 0 aliphatic heterocycles. The van der Waals surface area contributed by atoms with Gasteiger partial charge in [-0.25, -0.2) is 0 Å². The van der Waals surface area contributed by atoms with Crippen molar-refractivity contribution in [2.24, 2.45) is 13.0 Å². The van der Waals surface area contributed by atoms with Gasteiger partial charge in [0.2, 0.25) is 5.91 Å². The number of halogens is 1. The lowest BCUT2D eigenvalue weighted by Gasteiger charge is -2.21. The summed E-state index contributed by atoms with van der Waals surface area (Å²) in [6.45, 7) is 4.01. The molecule has 8 nitrogen and oxygen atoms in total. The minimum atomic E-state index is -0.339. The molecule has 0 saturated carbocycles. The second-order valence-electron chi connectivity index (χ2n) is 7.64. The number of methoxy groups -OCH3 is 1. The molecular weight excluding hydrogens is 462 g/mol. The molecule has 1 heterocycles. The number of rotatable bonds is 9. The van der Waals surface area contributed by atoms with E-state index in [4.69, 9.17) is 16.3 Å². The summed E-state index contributed by atoms with van der Waals surface area (Å²) in [5, 5.41) is 15.4. The molecule has 2 N–H and O–H groups in total. The smallest absolute Gasteiger partial charge is 0.251 e. The molecule has 174 valence electrons.